The number of para-hydroxylation sites is 2. The maximum absolute atomic E-state index is 12.9. The Morgan fingerprint density at radius 3 is 2.31 bits per heavy atom. The predicted molar refractivity (Wildman–Crippen MR) is 129 cm³/mol. The van der Waals surface area contributed by atoms with Crippen LogP contribution in [0.25, 0.3) is 0 Å². The molecule has 10 heteroatoms. The summed E-state index contributed by atoms with van der Waals surface area (Å²) in [5, 5.41) is 14.9. The van der Waals surface area contributed by atoms with Gasteiger partial charge in [-0.2, -0.15) is 5.26 Å². The van der Waals surface area contributed by atoms with Crippen molar-refractivity contribution in [2.24, 2.45) is 0 Å². The van der Waals surface area contributed by atoms with Crippen molar-refractivity contribution in [2.45, 2.75) is 19.4 Å². The molecule has 1 fully saturated rings. The minimum absolute atomic E-state index is 0.00504. The first kappa shape index (κ1) is 23.5. The van der Waals surface area contributed by atoms with Crippen LogP contribution in [-0.2, 0) is 20.9 Å². The lowest BCUT2D eigenvalue weighted by Crippen LogP contribution is -2.30. The van der Waals surface area contributed by atoms with E-state index in [9.17, 15) is 24.4 Å². The molecule has 4 rings (SSSR count). The van der Waals surface area contributed by atoms with Gasteiger partial charge in [0.25, 0.3) is 0 Å². The van der Waals surface area contributed by atoms with E-state index < -0.39 is 11.8 Å². The summed E-state index contributed by atoms with van der Waals surface area (Å²) in [6.07, 6.45) is -0.229. The number of urea groups is 1. The highest BCUT2D eigenvalue weighted by Gasteiger charge is 2.31. The molecule has 2 aromatic carbocycles. The fourth-order valence-electron chi connectivity index (χ4n) is 4.18. The lowest BCUT2D eigenvalue weighted by atomic mass is 10.1. The molecule has 0 aliphatic carbocycles. The molecule has 2 heterocycles. The van der Waals surface area contributed by atoms with Gasteiger partial charge in [0.15, 0.2) is 5.78 Å². The molecular weight excluding hydrogens is 448 g/mol. The molecule has 2 aromatic rings. The number of imide groups is 1. The molecule has 10 nitrogen and oxygen atoms in total. The predicted octanol–water partition coefficient (Wildman–Crippen LogP) is 2.35. The van der Waals surface area contributed by atoms with Gasteiger partial charge < -0.3 is 20.4 Å². The number of nitriles is 1. The maximum Gasteiger partial charge on any atom is 0.324 e. The Bertz CT molecular complexity index is 1250. The topological polar surface area (TPSA) is 126 Å². The van der Waals surface area contributed by atoms with Gasteiger partial charge in [0.05, 0.1) is 24.5 Å². The Kier molecular flexibility index (Phi) is 6.51. The number of allylic oxidation sites excluding steroid dienone is 1. The Morgan fingerprint density at radius 2 is 1.71 bits per heavy atom. The number of Topliss-reactive ketones (excluding diaryl/α,β-unsaturated/α-hetero) is 1. The standard InChI is InChI=1S/C25H24N6O4/c1-29-19-8-3-4-9-20(19)30(2)24(29)18(13-26)21(32)10-11-22(33)28-17-7-5-6-16(12-17)15-31-23(34)14-27-25(31)35/h3-9,12H,10-11,14-15H2,1-2H3,(H,27,35)(H,28,33). The van der Waals surface area contributed by atoms with E-state index >= 15 is 0 Å². The number of nitrogens with one attached hydrogen (secondary N) is 2. The van der Waals surface area contributed by atoms with Crippen molar-refractivity contribution in [1.82, 2.24) is 10.2 Å². The van der Waals surface area contributed by atoms with Crippen molar-refractivity contribution in [3.05, 3.63) is 65.5 Å². The molecule has 4 amide bonds. The van der Waals surface area contributed by atoms with E-state index in [1.165, 1.54) is 0 Å². The van der Waals surface area contributed by atoms with Gasteiger partial charge in [-0.3, -0.25) is 19.3 Å². The molecular formula is C25H24N6O4. The zero-order valence-corrected chi connectivity index (χ0v) is 19.4. The number of anilines is 3. The smallest absolute Gasteiger partial charge is 0.324 e. The SMILES string of the molecule is CN1C(=C(C#N)C(=O)CCC(=O)Nc2cccc(CN3C(=O)CNC3=O)c2)N(C)c2ccccc21. The highest BCUT2D eigenvalue weighted by atomic mass is 16.2. The summed E-state index contributed by atoms with van der Waals surface area (Å²) in [5.41, 5.74) is 2.92. The first-order chi connectivity index (χ1) is 16.8. The average Bonchev–Trinajstić information content (AvgIpc) is 3.29. The summed E-state index contributed by atoms with van der Waals surface area (Å²) in [4.78, 5) is 53.6. The molecule has 1 saturated heterocycles. The maximum atomic E-state index is 12.9. The number of amides is 4. The van der Waals surface area contributed by atoms with E-state index in [-0.39, 0.29) is 43.3 Å². The van der Waals surface area contributed by atoms with Gasteiger partial charge in [0, 0.05) is 32.6 Å². The van der Waals surface area contributed by atoms with E-state index in [2.05, 4.69) is 10.6 Å². The van der Waals surface area contributed by atoms with E-state index in [0.717, 1.165) is 16.3 Å². The first-order valence-electron chi connectivity index (χ1n) is 11.0. The van der Waals surface area contributed by atoms with Gasteiger partial charge in [-0.15, -0.1) is 0 Å². The summed E-state index contributed by atoms with van der Waals surface area (Å²) >= 11 is 0. The molecule has 0 radical (unpaired) electrons. The second-order valence-electron chi connectivity index (χ2n) is 8.23. The third-order valence-electron chi connectivity index (χ3n) is 5.92. The van der Waals surface area contributed by atoms with Crippen LogP contribution in [0.1, 0.15) is 18.4 Å². The normalized spacial score (nSPS) is 14.5. The van der Waals surface area contributed by atoms with Crippen LogP contribution in [0.5, 0.6) is 0 Å². The van der Waals surface area contributed by atoms with E-state index in [1.54, 1.807) is 48.2 Å². The van der Waals surface area contributed by atoms with Crippen molar-refractivity contribution >= 4 is 40.7 Å². The molecule has 0 unspecified atom stereocenters. The molecule has 0 spiro atoms. The quantitative estimate of drug-likeness (QED) is 0.360. The number of ketones is 1. The highest BCUT2D eigenvalue weighted by molar-refractivity contribution is 6.04. The molecule has 0 bridgehead atoms. The van der Waals surface area contributed by atoms with Crippen LogP contribution in [0.3, 0.4) is 0 Å². The van der Waals surface area contributed by atoms with Gasteiger partial charge >= 0.3 is 6.03 Å². The van der Waals surface area contributed by atoms with Crippen LogP contribution in [-0.4, -0.2) is 49.2 Å². The van der Waals surface area contributed by atoms with Gasteiger partial charge in [-0.05, 0) is 29.8 Å². The van der Waals surface area contributed by atoms with Crippen LogP contribution in [0.4, 0.5) is 21.9 Å². The lowest BCUT2D eigenvalue weighted by molar-refractivity contribution is -0.125. The van der Waals surface area contributed by atoms with Crippen molar-refractivity contribution < 1.29 is 19.2 Å². The number of fused-ring (bicyclic) bond motifs is 1. The van der Waals surface area contributed by atoms with Crippen molar-refractivity contribution in [1.29, 1.82) is 5.26 Å². The van der Waals surface area contributed by atoms with E-state index in [1.807, 2.05) is 30.3 Å². The second kappa shape index (κ2) is 9.69. The van der Waals surface area contributed by atoms with Crippen molar-refractivity contribution in [2.75, 3.05) is 35.8 Å². The highest BCUT2D eigenvalue weighted by Crippen LogP contribution is 2.40. The first-order valence-corrected chi connectivity index (χ1v) is 11.0. The number of carbonyl (C=O) groups is 4. The fraction of sp³-hybridized carbons (Fsp3) is 0.240. The van der Waals surface area contributed by atoms with Gasteiger partial charge in [0.1, 0.15) is 17.5 Å². The minimum atomic E-state index is -0.452. The summed E-state index contributed by atoms with van der Waals surface area (Å²) in [5.74, 6) is -0.639. The molecule has 2 N–H and O–H groups in total. The summed E-state index contributed by atoms with van der Waals surface area (Å²) < 4.78 is 0. The molecule has 2 aliphatic rings. The zero-order valence-electron chi connectivity index (χ0n) is 19.4. The number of hydrogen-bond acceptors (Lipinski definition) is 7. The third kappa shape index (κ3) is 4.70. The third-order valence-corrected chi connectivity index (χ3v) is 5.92. The molecule has 0 saturated carbocycles. The average molecular weight is 473 g/mol. The van der Waals surface area contributed by atoms with Crippen molar-refractivity contribution in [3.63, 3.8) is 0 Å². The second-order valence-corrected chi connectivity index (χ2v) is 8.23. The Labute approximate surface area is 202 Å². The summed E-state index contributed by atoms with van der Waals surface area (Å²) in [6, 6.07) is 15.9. The number of carbonyl (C=O) groups excluding carboxylic acids is 4. The van der Waals surface area contributed by atoms with Crippen LogP contribution < -0.4 is 20.4 Å². The monoisotopic (exact) mass is 472 g/mol. The molecule has 0 aromatic heterocycles. The number of nitrogens with zero attached hydrogens (tertiary/aromatic N) is 4. The van der Waals surface area contributed by atoms with Gasteiger partial charge in [-0.25, -0.2) is 4.79 Å². The largest absolute Gasteiger partial charge is 0.329 e. The molecule has 178 valence electrons. The molecule has 2 aliphatic heterocycles. The minimum Gasteiger partial charge on any atom is -0.329 e. The zero-order chi connectivity index (χ0) is 25.1. The summed E-state index contributed by atoms with van der Waals surface area (Å²) in [6.45, 7) is 0.0667. The summed E-state index contributed by atoms with van der Waals surface area (Å²) in [7, 11) is 3.59. The Morgan fingerprint density at radius 1 is 1.03 bits per heavy atom. The van der Waals surface area contributed by atoms with Crippen molar-refractivity contribution in [3.8, 4) is 6.07 Å². The Hall–Kier alpha value is -4.65. The lowest BCUT2D eigenvalue weighted by Gasteiger charge is -2.19. The Balaban J connectivity index is 1.39. The van der Waals surface area contributed by atoms with Crippen LogP contribution >= 0.6 is 0 Å². The molecule has 35 heavy (non-hydrogen) atoms. The molecule has 0 atom stereocenters. The van der Waals surface area contributed by atoms with E-state index in [4.69, 9.17) is 0 Å². The van der Waals surface area contributed by atoms with Crippen LogP contribution in [0.15, 0.2) is 59.9 Å². The number of benzene rings is 2. The van der Waals surface area contributed by atoms with Gasteiger partial charge in [0.2, 0.25) is 11.8 Å². The van der Waals surface area contributed by atoms with Crippen LogP contribution in [0, 0.1) is 11.3 Å². The number of hydrogen-bond donors (Lipinski definition) is 2. The number of rotatable bonds is 7. The van der Waals surface area contributed by atoms with Crippen LogP contribution in [0.2, 0.25) is 0 Å². The fourth-order valence-corrected chi connectivity index (χ4v) is 4.18. The van der Waals surface area contributed by atoms with Gasteiger partial charge in [-0.1, -0.05) is 24.3 Å². The van der Waals surface area contributed by atoms with E-state index in [0.29, 0.717) is 17.1 Å².